The zero-order chi connectivity index (χ0) is 39.3. The first-order valence-corrected chi connectivity index (χ1v) is 23.4. The van der Waals surface area contributed by atoms with Gasteiger partial charge in [-0.3, -0.25) is 0 Å². The van der Waals surface area contributed by atoms with Gasteiger partial charge in [0.2, 0.25) is 0 Å². The van der Waals surface area contributed by atoms with Gasteiger partial charge in [0.15, 0.2) is 17.5 Å². The van der Waals surface area contributed by atoms with E-state index in [0.29, 0.717) is 17.5 Å². The monoisotopic (exact) mass is 770 g/mol. The van der Waals surface area contributed by atoms with Crippen LogP contribution in [0.15, 0.2) is 194 Å². The molecule has 1 unspecified atom stereocenters. The lowest BCUT2D eigenvalue weighted by molar-refractivity contribution is 0.732. The smallest absolute Gasteiger partial charge is 0.164 e. The van der Waals surface area contributed by atoms with Crippen molar-refractivity contribution >= 4 is 40.3 Å². The van der Waals surface area contributed by atoms with E-state index >= 15 is 0 Å². The van der Waals surface area contributed by atoms with Gasteiger partial charge in [0.1, 0.15) is 8.07 Å². The standard InChI is InChI=1S/C54H38N4Si/c1-59(2)48-27-14-11-23-43(48)54(42-22-10-13-26-47(42)58-46-25-12-9-20-40(46)41-21-15-24-44(54)50(41)58)45-34-39(32-33-49(45)59)53-56-51(37-18-7-4-8-19-37)55-52(57-53)38-30-28-36(29-31-38)35-16-5-3-6-17-35/h3-34H,1-2H3. The Hall–Kier alpha value is -7.21. The molecule has 2 aliphatic heterocycles. The summed E-state index contributed by atoms with van der Waals surface area (Å²) in [6.45, 7) is 5.02. The lowest BCUT2D eigenvalue weighted by Crippen LogP contribution is -2.63. The first-order chi connectivity index (χ1) is 29.0. The Bertz CT molecular complexity index is 3300. The average Bonchev–Trinajstić information content (AvgIpc) is 3.65. The summed E-state index contributed by atoms with van der Waals surface area (Å²) in [6, 6.07) is 70.6. The van der Waals surface area contributed by atoms with Gasteiger partial charge in [-0.1, -0.05) is 189 Å². The molecular formula is C54H38N4Si. The molecule has 0 saturated carbocycles. The summed E-state index contributed by atoms with van der Waals surface area (Å²) in [7, 11) is -2.21. The van der Waals surface area contributed by atoms with Crippen molar-refractivity contribution in [3.05, 3.63) is 216 Å². The van der Waals surface area contributed by atoms with Crippen molar-refractivity contribution in [2.24, 2.45) is 0 Å². The van der Waals surface area contributed by atoms with E-state index in [1.165, 1.54) is 65.7 Å². The lowest BCUT2D eigenvalue weighted by atomic mass is 9.62. The molecule has 4 nitrogen and oxygen atoms in total. The highest BCUT2D eigenvalue weighted by Gasteiger charge is 2.53. The summed E-state index contributed by atoms with van der Waals surface area (Å²) in [5.74, 6) is 1.97. The molecule has 5 heteroatoms. The average molecular weight is 771 g/mol. The van der Waals surface area contributed by atoms with Crippen LogP contribution in [-0.2, 0) is 5.41 Å². The highest BCUT2D eigenvalue weighted by Crippen LogP contribution is 2.55. The molecule has 4 heterocycles. The Morgan fingerprint density at radius 2 is 0.898 bits per heavy atom. The minimum atomic E-state index is -2.21. The number of fused-ring (bicyclic) bond motifs is 11. The molecular weight excluding hydrogens is 733 g/mol. The number of rotatable bonds is 4. The van der Waals surface area contributed by atoms with E-state index in [4.69, 9.17) is 15.0 Å². The molecule has 2 aromatic heterocycles. The van der Waals surface area contributed by atoms with E-state index in [2.05, 4.69) is 188 Å². The molecule has 0 saturated heterocycles. The number of aromatic nitrogens is 4. The molecule has 0 aliphatic carbocycles. The molecule has 278 valence electrons. The fourth-order valence-electron chi connectivity index (χ4n) is 10.3. The van der Waals surface area contributed by atoms with Gasteiger partial charge in [-0.2, -0.15) is 0 Å². The summed E-state index contributed by atoms with van der Waals surface area (Å²) in [6.07, 6.45) is 0. The number of nitrogens with zero attached hydrogens (tertiary/aromatic N) is 4. The normalized spacial score (nSPS) is 15.8. The maximum Gasteiger partial charge on any atom is 0.164 e. The van der Waals surface area contributed by atoms with Crippen LogP contribution in [0.1, 0.15) is 22.3 Å². The van der Waals surface area contributed by atoms with Crippen molar-refractivity contribution in [3.63, 3.8) is 0 Å². The van der Waals surface area contributed by atoms with Crippen LogP contribution in [0, 0.1) is 0 Å². The van der Waals surface area contributed by atoms with Gasteiger partial charge in [0.25, 0.3) is 0 Å². The fraction of sp³-hybridized carbons (Fsp3) is 0.0556. The number of para-hydroxylation sites is 3. The molecule has 1 spiro atoms. The van der Waals surface area contributed by atoms with E-state index in [0.717, 1.165) is 22.3 Å². The lowest BCUT2D eigenvalue weighted by Gasteiger charge is -2.49. The van der Waals surface area contributed by atoms with Crippen LogP contribution in [0.5, 0.6) is 0 Å². The van der Waals surface area contributed by atoms with Gasteiger partial charge in [0.05, 0.1) is 22.1 Å². The Kier molecular flexibility index (Phi) is 7.26. The third-order valence-corrected chi connectivity index (χ3v) is 16.5. The van der Waals surface area contributed by atoms with Crippen molar-refractivity contribution in [2.45, 2.75) is 18.5 Å². The minimum Gasteiger partial charge on any atom is -0.309 e. The van der Waals surface area contributed by atoms with Gasteiger partial charge in [-0.25, -0.2) is 15.0 Å². The molecule has 59 heavy (non-hydrogen) atoms. The van der Waals surface area contributed by atoms with Gasteiger partial charge in [-0.15, -0.1) is 0 Å². The highest BCUT2D eigenvalue weighted by atomic mass is 28.3. The van der Waals surface area contributed by atoms with Crippen molar-refractivity contribution < 1.29 is 0 Å². The first-order valence-electron chi connectivity index (χ1n) is 20.4. The molecule has 10 aromatic rings. The molecule has 1 atom stereocenters. The quantitative estimate of drug-likeness (QED) is 0.167. The van der Waals surface area contributed by atoms with Gasteiger partial charge < -0.3 is 4.57 Å². The summed E-state index contributed by atoms with van der Waals surface area (Å²) in [5.41, 5.74) is 13.6. The fourth-order valence-corrected chi connectivity index (χ4v) is 13.4. The third-order valence-electron chi connectivity index (χ3n) is 12.9. The van der Waals surface area contributed by atoms with E-state index in [-0.39, 0.29) is 0 Å². The van der Waals surface area contributed by atoms with E-state index < -0.39 is 13.5 Å². The summed E-state index contributed by atoms with van der Waals surface area (Å²) >= 11 is 0. The van der Waals surface area contributed by atoms with E-state index in [1.54, 1.807) is 0 Å². The van der Waals surface area contributed by atoms with Crippen LogP contribution in [0.25, 0.3) is 72.8 Å². The molecule has 8 aromatic carbocycles. The predicted molar refractivity (Wildman–Crippen MR) is 245 cm³/mol. The van der Waals surface area contributed by atoms with E-state index in [1.807, 2.05) is 24.3 Å². The molecule has 0 fully saturated rings. The molecule has 12 rings (SSSR count). The summed E-state index contributed by atoms with van der Waals surface area (Å²) in [5, 5.41) is 5.46. The zero-order valence-corrected chi connectivity index (χ0v) is 33.8. The second-order valence-electron chi connectivity index (χ2n) is 16.4. The second-order valence-corrected chi connectivity index (χ2v) is 20.7. The molecule has 0 N–H and O–H groups in total. The minimum absolute atomic E-state index is 0.587. The van der Waals surface area contributed by atoms with Crippen molar-refractivity contribution in [1.29, 1.82) is 0 Å². The largest absolute Gasteiger partial charge is 0.309 e. The van der Waals surface area contributed by atoms with Gasteiger partial charge in [-0.05, 0) is 62.0 Å². The summed E-state index contributed by atoms with van der Waals surface area (Å²) < 4.78 is 2.51. The van der Waals surface area contributed by atoms with Crippen molar-refractivity contribution in [3.8, 4) is 51.0 Å². The maximum atomic E-state index is 5.30. The van der Waals surface area contributed by atoms with Crippen LogP contribution < -0.4 is 10.4 Å². The SMILES string of the molecule is C[Si]1(C)c2ccccc2C2(c3ccccc3-n3c4ccccc4c4cccc2c43)c2cc(-c3nc(-c4ccccc4)nc(-c4ccc(-c5ccccc5)cc4)n3)ccc21. The van der Waals surface area contributed by atoms with Crippen LogP contribution in [0.2, 0.25) is 13.1 Å². The van der Waals surface area contributed by atoms with Crippen LogP contribution in [0.3, 0.4) is 0 Å². The molecule has 0 amide bonds. The predicted octanol–water partition coefficient (Wildman–Crippen LogP) is 11.5. The van der Waals surface area contributed by atoms with Crippen LogP contribution in [0.4, 0.5) is 0 Å². The highest BCUT2D eigenvalue weighted by molar-refractivity contribution is 7.01. The Morgan fingerprint density at radius 1 is 0.390 bits per heavy atom. The van der Waals surface area contributed by atoms with Gasteiger partial charge >= 0.3 is 0 Å². The van der Waals surface area contributed by atoms with Crippen LogP contribution >= 0.6 is 0 Å². The number of hydrogen-bond acceptors (Lipinski definition) is 3. The molecule has 2 aliphatic rings. The van der Waals surface area contributed by atoms with Crippen molar-refractivity contribution in [2.75, 3.05) is 0 Å². The molecule has 0 radical (unpaired) electrons. The summed E-state index contributed by atoms with van der Waals surface area (Å²) in [4.78, 5) is 15.7. The topological polar surface area (TPSA) is 43.6 Å². The Balaban J connectivity index is 1.14. The van der Waals surface area contributed by atoms with Gasteiger partial charge in [0, 0.05) is 27.5 Å². The second kappa shape index (κ2) is 12.6. The molecule has 0 bridgehead atoms. The number of benzene rings is 8. The number of hydrogen-bond donors (Lipinski definition) is 0. The zero-order valence-electron chi connectivity index (χ0n) is 32.8. The first kappa shape index (κ1) is 33.9. The Morgan fingerprint density at radius 3 is 1.66 bits per heavy atom. The maximum absolute atomic E-state index is 5.30. The third kappa shape index (κ3) is 4.79. The van der Waals surface area contributed by atoms with E-state index in [9.17, 15) is 0 Å². The Labute approximate surface area is 344 Å². The van der Waals surface area contributed by atoms with Crippen LogP contribution in [-0.4, -0.2) is 27.6 Å². The van der Waals surface area contributed by atoms with Crippen molar-refractivity contribution in [1.82, 2.24) is 19.5 Å².